The van der Waals surface area contributed by atoms with Crippen LogP contribution in [-0.4, -0.2) is 18.1 Å². The molecule has 0 fully saturated rings. The first-order valence-corrected chi connectivity index (χ1v) is 10.4. The largest absolute Gasteiger partial charge is 0.505 e. The molecule has 1 unspecified atom stereocenters. The Labute approximate surface area is 181 Å². The molecule has 0 radical (unpaired) electrons. The number of hydrogen-bond donors (Lipinski definition) is 4. The van der Waals surface area contributed by atoms with E-state index in [1.807, 2.05) is 47.8 Å². The number of nitrogens with one attached hydrogen (secondary N) is 3. The summed E-state index contributed by atoms with van der Waals surface area (Å²) in [5.41, 5.74) is 0.00881. The molecule has 0 spiro atoms. The van der Waals surface area contributed by atoms with E-state index in [1.54, 1.807) is 6.07 Å². The molecule has 0 aliphatic carbocycles. The lowest BCUT2D eigenvalue weighted by atomic mass is 10.0. The Kier molecular flexibility index (Phi) is 5.55. The number of benzene rings is 2. The maximum Gasteiger partial charge on any atom is 0.254 e. The number of para-hydroxylation sites is 1. The fourth-order valence-electron chi connectivity index (χ4n) is 3.31. The minimum atomic E-state index is -0.690. The zero-order chi connectivity index (χ0) is 22.0. The Morgan fingerprint density at radius 3 is 2.35 bits per heavy atom. The lowest BCUT2D eigenvalue weighted by Crippen LogP contribution is -2.37. The predicted octanol–water partition coefficient (Wildman–Crippen LogP) is 3.35. The van der Waals surface area contributed by atoms with Gasteiger partial charge in [-0.25, -0.2) is 0 Å². The van der Waals surface area contributed by atoms with Crippen LogP contribution in [0, 0.1) is 0 Å². The van der Waals surface area contributed by atoms with Gasteiger partial charge in [0, 0.05) is 11.9 Å². The molecule has 8 heteroatoms. The molecule has 4 rings (SSSR count). The molecular weight excluding hydrogens is 414 g/mol. The van der Waals surface area contributed by atoms with Gasteiger partial charge in [0.25, 0.3) is 16.8 Å². The van der Waals surface area contributed by atoms with Crippen LogP contribution >= 0.6 is 11.3 Å². The molecule has 1 heterocycles. The van der Waals surface area contributed by atoms with Crippen molar-refractivity contribution in [1.29, 1.82) is 0 Å². The Balaban J connectivity index is 1.69. The van der Waals surface area contributed by atoms with Crippen molar-refractivity contribution in [2.75, 3.05) is 17.7 Å². The molecule has 156 valence electrons. The molecular formula is C23H19N3O4S. The van der Waals surface area contributed by atoms with E-state index in [2.05, 4.69) is 16.0 Å². The summed E-state index contributed by atoms with van der Waals surface area (Å²) in [5.74, 6) is -0.773. The van der Waals surface area contributed by atoms with Crippen molar-refractivity contribution in [2.45, 2.75) is 6.04 Å². The summed E-state index contributed by atoms with van der Waals surface area (Å²) in [4.78, 5) is 37.6. The first-order chi connectivity index (χ1) is 15.0. The Morgan fingerprint density at radius 1 is 0.935 bits per heavy atom. The van der Waals surface area contributed by atoms with Crippen LogP contribution in [-0.2, 0) is 0 Å². The third-order valence-corrected chi connectivity index (χ3v) is 5.86. The summed E-state index contributed by atoms with van der Waals surface area (Å²) in [6.07, 6.45) is 0. The maximum atomic E-state index is 12.4. The third kappa shape index (κ3) is 3.80. The highest BCUT2D eigenvalue weighted by atomic mass is 32.1. The number of rotatable bonds is 7. The van der Waals surface area contributed by atoms with Gasteiger partial charge in [0.05, 0.1) is 17.3 Å². The highest BCUT2D eigenvalue weighted by molar-refractivity contribution is 7.10. The minimum absolute atomic E-state index is 0.0480. The van der Waals surface area contributed by atoms with Gasteiger partial charge in [-0.3, -0.25) is 14.4 Å². The predicted molar refractivity (Wildman–Crippen MR) is 122 cm³/mol. The smallest absolute Gasteiger partial charge is 0.254 e. The number of hydrogen-bond acceptors (Lipinski definition) is 7. The number of anilines is 3. The van der Waals surface area contributed by atoms with Gasteiger partial charge in [0.15, 0.2) is 5.75 Å². The van der Waals surface area contributed by atoms with Crippen molar-refractivity contribution in [2.24, 2.45) is 0 Å². The summed E-state index contributed by atoms with van der Waals surface area (Å²) in [6.45, 7) is 0. The number of carbonyl (C=O) groups excluding carboxylic acids is 1. The summed E-state index contributed by atoms with van der Waals surface area (Å²) >= 11 is 1.53. The summed E-state index contributed by atoms with van der Waals surface area (Å²) < 4.78 is 0. The van der Waals surface area contributed by atoms with Crippen molar-refractivity contribution < 1.29 is 9.90 Å². The molecule has 31 heavy (non-hydrogen) atoms. The highest BCUT2D eigenvalue weighted by Crippen LogP contribution is 2.34. The van der Waals surface area contributed by atoms with E-state index in [0.29, 0.717) is 0 Å². The lowest BCUT2D eigenvalue weighted by molar-refractivity contribution is 0.0960. The van der Waals surface area contributed by atoms with Crippen LogP contribution in [0.5, 0.6) is 5.75 Å². The number of thiophene rings is 1. The number of carbonyl (C=O) groups is 1. The molecule has 4 N–H and O–H groups in total. The molecule has 0 aliphatic heterocycles. The number of aromatic hydroxyl groups is 1. The van der Waals surface area contributed by atoms with Crippen molar-refractivity contribution in [1.82, 2.24) is 5.32 Å². The van der Waals surface area contributed by atoms with E-state index in [0.717, 1.165) is 10.4 Å². The van der Waals surface area contributed by atoms with E-state index in [1.165, 1.54) is 30.5 Å². The Hall–Kier alpha value is -3.91. The fraction of sp³-hybridized carbons (Fsp3) is 0.0870. The summed E-state index contributed by atoms with van der Waals surface area (Å²) in [5, 5.41) is 20.8. The van der Waals surface area contributed by atoms with Gasteiger partial charge in [0.1, 0.15) is 11.4 Å². The van der Waals surface area contributed by atoms with Gasteiger partial charge in [-0.15, -0.1) is 11.3 Å². The first-order valence-electron chi connectivity index (χ1n) is 9.50. The number of phenolic OH excluding ortho intramolecular Hbond substituents is 1. The number of phenols is 1. The van der Waals surface area contributed by atoms with E-state index >= 15 is 0 Å². The molecule has 7 nitrogen and oxygen atoms in total. The SMILES string of the molecule is CNC(=O)c1cccc(Nc2c(NC(c3ccccc3)c3cccs3)c(=O)c2=O)c1O. The average Bonchev–Trinajstić information content (AvgIpc) is 3.34. The van der Waals surface area contributed by atoms with Crippen molar-refractivity contribution in [3.63, 3.8) is 0 Å². The van der Waals surface area contributed by atoms with E-state index in [4.69, 9.17) is 0 Å². The molecule has 1 amide bonds. The molecule has 0 aliphatic rings. The van der Waals surface area contributed by atoms with Gasteiger partial charge in [-0.05, 0) is 29.1 Å². The monoisotopic (exact) mass is 433 g/mol. The maximum absolute atomic E-state index is 12.4. The van der Waals surface area contributed by atoms with Crippen molar-refractivity contribution in [3.05, 3.63) is 102 Å². The second-order valence-electron chi connectivity index (χ2n) is 6.82. The molecule has 0 saturated heterocycles. The van der Waals surface area contributed by atoms with Crippen molar-refractivity contribution in [3.8, 4) is 5.75 Å². The normalized spacial score (nSPS) is 11.8. The van der Waals surface area contributed by atoms with Crippen LogP contribution in [0.15, 0.2) is 75.6 Å². The van der Waals surface area contributed by atoms with Crippen LogP contribution in [0.3, 0.4) is 0 Å². The Bertz CT molecular complexity index is 1290. The lowest BCUT2D eigenvalue weighted by Gasteiger charge is -2.22. The second-order valence-corrected chi connectivity index (χ2v) is 7.80. The van der Waals surface area contributed by atoms with Gasteiger partial charge < -0.3 is 21.1 Å². The molecule has 3 aromatic carbocycles. The number of amides is 1. The average molecular weight is 433 g/mol. The molecule has 0 saturated carbocycles. The summed E-state index contributed by atoms with van der Waals surface area (Å²) in [6, 6.07) is 17.7. The molecule has 1 aromatic heterocycles. The van der Waals surface area contributed by atoms with E-state index in [-0.39, 0.29) is 34.4 Å². The molecule has 0 bridgehead atoms. The third-order valence-electron chi connectivity index (χ3n) is 4.93. The van der Waals surface area contributed by atoms with Gasteiger partial charge in [-0.2, -0.15) is 0 Å². The second kappa shape index (κ2) is 8.45. The van der Waals surface area contributed by atoms with Crippen LogP contribution in [0.2, 0.25) is 0 Å². The first kappa shape index (κ1) is 20.4. The van der Waals surface area contributed by atoms with Crippen LogP contribution < -0.4 is 26.8 Å². The summed E-state index contributed by atoms with van der Waals surface area (Å²) in [7, 11) is 1.45. The Morgan fingerprint density at radius 2 is 1.68 bits per heavy atom. The topological polar surface area (TPSA) is 108 Å². The standard InChI is InChI=1S/C23H19N3O4S/c1-24-23(30)14-9-5-10-15(20(14)27)25-18-19(22(29)21(18)28)26-17(16-11-6-12-31-16)13-7-3-2-4-8-13/h2-12,17,25-27H,1H3,(H,24,30). The van der Waals surface area contributed by atoms with Crippen molar-refractivity contribution >= 4 is 34.3 Å². The molecule has 4 aromatic rings. The minimum Gasteiger partial charge on any atom is -0.505 e. The van der Waals surface area contributed by atoms with Gasteiger partial charge in [0.2, 0.25) is 0 Å². The highest BCUT2D eigenvalue weighted by Gasteiger charge is 2.26. The van der Waals surface area contributed by atoms with E-state index in [9.17, 15) is 19.5 Å². The van der Waals surface area contributed by atoms with Gasteiger partial charge in [-0.1, -0.05) is 42.5 Å². The molecule has 1 atom stereocenters. The van der Waals surface area contributed by atoms with Crippen LogP contribution in [0.4, 0.5) is 17.1 Å². The van der Waals surface area contributed by atoms with Crippen LogP contribution in [0.1, 0.15) is 26.8 Å². The van der Waals surface area contributed by atoms with Crippen LogP contribution in [0.25, 0.3) is 0 Å². The zero-order valence-corrected chi connectivity index (χ0v) is 17.3. The zero-order valence-electron chi connectivity index (χ0n) is 16.5. The van der Waals surface area contributed by atoms with Gasteiger partial charge >= 0.3 is 0 Å². The van der Waals surface area contributed by atoms with E-state index < -0.39 is 16.8 Å². The fourth-order valence-corrected chi connectivity index (χ4v) is 4.11. The quantitative estimate of drug-likeness (QED) is 0.263.